The Labute approximate surface area is 225 Å². The Bertz CT molecular complexity index is 1210. The van der Waals surface area contributed by atoms with Gasteiger partial charge >= 0.3 is 5.97 Å². The summed E-state index contributed by atoms with van der Waals surface area (Å²) in [5.41, 5.74) is 3.22. The molecule has 3 aliphatic carbocycles. The van der Waals surface area contributed by atoms with Crippen LogP contribution < -0.4 is 5.32 Å². The molecule has 0 spiro atoms. The number of nitrogens with zero attached hydrogens (tertiary/aromatic N) is 1. The van der Waals surface area contributed by atoms with Crippen molar-refractivity contribution in [1.82, 2.24) is 10.4 Å². The van der Waals surface area contributed by atoms with E-state index in [0.29, 0.717) is 29.7 Å². The number of aliphatic hydroxyl groups excluding tert-OH is 1. The number of fused-ring (bicyclic) bond motifs is 2. The molecule has 38 heavy (non-hydrogen) atoms. The fourth-order valence-electron chi connectivity index (χ4n) is 7.36. The van der Waals surface area contributed by atoms with Gasteiger partial charge in [0, 0.05) is 12.0 Å². The minimum atomic E-state index is -0.964. The highest BCUT2D eigenvalue weighted by Gasteiger charge is 2.57. The van der Waals surface area contributed by atoms with E-state index in [1.807, 2.05) is 37.3 Å². The van der Waals surface area contributed by atoms with E-state index >= 15 is 0 Å². The standard InChI is InChI=1S/C31H40N2O5/c1-17-25-14-24(31(25,4)5)15-26(17)32-29(35)28-27(18(2)34)19(3)38-33(28)16-20-8-6-9-21(12-20)22-10-7-11-23(13-22)30(36)37/h6-13,17-19,24-28,34H,14-16H2,1-5H3,(H,32,35)(H,36,37)/t17-,18-,19-,24+,25-,26-,27+,28-/m0/s1. The molecule has 3 saturated carbocycles. The van der Waals surface area contributed by atoms with Crippen LogP contribution in [0.5, 0.6) is 0 Å². The summed E-state index contributed by atoms with van der Waals surface area (Å²) >= 11 is 0. The van der Waals surface area contributed by atoms with Crippen LogP contribution in [0.15, 0.2) is 48.5 Å². The predicted molar refractivity (Wildman–Crippen MR) is 145 cm³/mol. The number of benzene rings is 2. The van der Waals surface area contributed by atoms with Gasteiger partial charge in [-0.1, -0.05) is 51.1 Å². The zero-order valence-corrected chi connectivity index (χ0v) is 22.9. The fourth-order valence-corrected chi connectivity index (χ4v) is 7.36. The Morgan fingerprint density at radius 1 is 1.11 bits per heavy atom. The maximum absolute atomic E-state index is 13.8. The molecule has 2 aromatic rings. The van der Waals surface area contributed by atoms with Crippen LogP contribution in [-0.4, -0.2) is 51.4 Å². The van der Waals surface area contributed by atoms with Crippen LogP contribution in [0, 0.1) is 29.1 Å². The number of carboxylic acid groups (broad SMARTS) is 1. The molecule has 1 amide bonds. The molecule has 4 fully saturated rings. The third-order valence-electron chi connectivity index (χ3n) is 9.73. The molecular formula is C31H40N2O5. The Morgan fingerprint density at radius 2 is 1.79 bits per heavy atom. The molecule has 7 nitrogen and oxygen atoms in total. The third kappa shape index (κ3) is 4.76. The van der Waals surface area contributed by atoms with E-state index in [4.69, 9.17) is 4.84 Å². The average molecular weight is 521 g/mol. The van der Waals surface area contributed by atoms with E-state index in [0.717, 1.165) is 23.1 Å². The molecule has 0 unspecified atom stereocenters. The van der Waals surface area contributed by atoms with Crippen molar-refractivity contribution in [2.45, 2.75) is 78.3 Å². The normalized spacial score (nSPS) is 32.8. The first-order chi connectivity index (χ1) is 18.0. The molecule has 204 valence electrons. The lowest BCUT2D eigenvalue weighted by Crippen LogP contribution is -2.62. The highest BCUT2D eigenvalue weighted by atomic mass is 16.7. The summed E-state index contributed by atoms with van der Waals surface area (Å²) in [5, 5.41) is 25.1. The summed E-state index contributed by atoms with van der Waals surface area (Å²) in [6.45, 7) is 11.0. The van der Waals surface area contributed by atoms with Gasteiger partial charge in [0.25, 0.3) is 0 Å². The molecule has 7 heteroatoms. The van der Waals surface area contributed by atoms with Gasteiger partial charge in [0.15, 0.2) is 0 Å². The minimum Gasteiger partial charge on any atom is -0.478 e. The first-order valence-corrected chi connectivity index (χ1v) is 13.8. The number of hydrogen-bond donors (Lipinski definition) is 3. The van der Waals surface area contributed by atoms with Crippen LogP contribution in [-0.2, 0) is 16.2 Å². The number of aromatic carboxylic acids is 1. The number of amides is 1. The van der Waals surface area contributed by atoms with Crippen molar-refractivity contribution < 1.29 is 24.6 Å². The van der Waals surface area contributed by atoms with E-state index < -0.39 is 18.1 Å². The van der Waals surface area contributed by atoms with Crippen molar-refractivity contribution in [1.29, 1.82) is 0 Å². The Morgan fingerprint density at radius 3 is 2.42 bits per heavy atom. The van der Waals surface area contributed by atoms with E-state index in [1.165, 1.54) is 6.42 Å². The first-order valence-electron chi connectivity index (χ1n) is 13.8. The number of carbonyl (C=O) groups excluding carboxylic acids is 1. The van der Waals surface area contributed by atoms with E-state index in [9.17, 15) is 19.8 Å². The van der Waals surface area contributed by atoms with Crippen LogP contribution in [0.2, 0.25) is 0 Å². The van der Waals surface area contributed by atoms with E-state index in [2.05, 4.69) is 26.1 Å². The van der Waals surface area contributed by atoms with Gasteiger partial charge in [-0.15, -0.1) is 0 Å². The first kappa shape index (κ1) is 26.9. The summed E-state index contributed by atoms with van der Waals surface area (Å²) in [6, 6.07) is 14.2. The second-order valence-electron chi connectivity index (χ2n) is 12.3. The topological polar surface area (TPSA) is 99.1 Å². The Balaban J connectivity index is 1.35. The summed E-state index contributed by atoms with van der Waals surface area (Å²) in [5.74, 6) is 0.274. The molecule has 1 heterocycles. The van der Waals surface area contributed by atoms with Crippen LogP contribution in [0.3, 0.4) is 0 Å². The van der Waals surface area contributed by atoms with Crippen molar-refractivity contribution in [3.05, 3.63) is 59.7 Å². The van der Waals surface area contributed by atoms with Gasteiger partial charge in [-0.3, -0.25) is 9.63 Å². The molecule has 8 atom stereocenters. The maximum atomic E-state index is 13.8. The summed E-state index contributed by atoms with van der Waals surface area (Å²) < 4.78 is 0. The average Bonchev–Trinajstić information content (AvgIpc) is 3.20. The fraction of sp³-hybridized carbons (Fsp3) is 0.548. The van der Waals surface area contributed by atoms with E-state index in [-0.39, 0.29) is 29.5 Å². The maximum Gasteiger partial charge on any atom is 0.335 e. The van der Waals surface area contributed by atoms with Crippen molar-refractivity contribution in [3.63, 3.8) is 0 Å². The van der Waals surface area contributed by atoms with Gasteiger partial charge < -0.3 is 15.5 Å². The largest absolute Gasteiger partial charge is 0.478 e. The molecule has 2 bridgehead atoms. The number of aliphatic hydroxyl groups is 1. The van der Waals surface area contributed by atoms with Gasteiger partial charge in [-0.2, -0.15) is 5.06 Å². The molecular weight excluding hydrogens is 480 g/mol. The van der Waals surface area contributed by atoms with Crippen molar-refractivity contribution in [2.24, 2.45) is 29.1 Å². The number of nitrogens with one attached hydrogen (secondary N) is 1. The number of rotatable bonds is 7. The van der Waals surface area contributed by atoms with Gasteiger partial charge in [-0.05, 0) is 84.7 Å². The van der Waals surface area contributed by atoms with Crippen molar-refractivity contribution in [2.75, 3.05) is 0 Å². The molecule has 1 aliphatic heterocycles. The molecule has 2 aromatic carbocycles. The van der Waals surface area contributed by atoms with Crippen LogP contribution in [0.4, 0.5) is 0 Å². The van der Waals surface area contributed by atoms with Gasteiger partial charge in [-0.25, -0.2) is 4.79 Å². The zero-order valence-electron chi connectivity index (χ0n) is 22.9. The third-order valence-corrected chi connectivity index (χ3v) is 9.73. The number of carbonyl (C=O) groups is 2. The molecule has 1 saturated heterocycles. The summed E-state index contributed by atoms with van der Waals surface area (Å²) in [6.07, 6.45) is 1.23. The second-order valence-corrected chi connectivity index (χ2v) is 12.3. The van der Waals surface area contributed by atoms with Crippen LogP contribution >= 0.6 is 0 Å². The smallest absolute Gasteiger partial charge is 0.335 e. The Kier molecular flexibility index (Phi) is 7.14. The van der Waals surface area contributed by atoms with Crippen LogP contribution in [0.1, 0.15) is 63.4 Å². The monoisotopic (exact) mass is 520 g/mol. The highest BCUT2D eigenvalue weighted by Crippen LogP contribution is 2.61. The van der Waals surface area contributed by atoms with E-state index in [1.54, 1.807) is 30.2 Å². The molecule has 0 radical (unpaired) electrons. The minimum absolute atomic E-state index is 0.0819. The molecule has 3 N–H and O–H groups in total. The zero-order chi connectivity index (χ0) is 27.4. The number of hydroxylamine groups is 2. The second kappa shape index (κ2) is 10.1. The highest BCUT2D eigenvalue weighted by molar-refractivity contribution is 5.89. The SMILES string of the molecule is C[C@@H]1[C@@H](NC(=O)[C@@H]2[C@H]([C@H](C)O)[C@H](C)ON2Cc2cccc(-c3cccc(C(=O)O)c3)c2)C[C@H]2C[C@@H]1C2(C)C. The van der Waals surface area contributed by atoms with Crippen molar-refractivity contribution >= 4 is 11.9 Å². The number of carboxylic acids is 1. The quantitative estimate of drug-likeness (QED) is 0.488. The lowest BCUT2D eigenvalue weighted by molar-refractivity contribution is -0.174. The summed E-state index contributed by atoms with van der Waals surface area (Å²) in [4.78, 5) is 31.4. The number of hydrogen-bond acceptors (Lipinski definition) is 5. The lowest BCUT2D eigenvalue weighted by Gasteiger charge is -2.62. The molecule has 6 rings (SSSR count). The van der Waals surface area contributed by atoms with Crippen LogP contribution in [0.25, 0.3) is 11.1 Å². The summed E-state index contributed by atoms with van der Waals surface area (Å²) in [7, 11) is 0. The Hall–Kier alpha value is -2.74. The van der Waals surface area contributed by atoms with Gasteiger partial charge in [0.1, 0.15) is 6.04 Å². The lowest BCUT2D eigenvalue weighted by atomic mass is 9.45. The molecule has 4 aliphatic rings. The van der Waals surface area contributed by atoms with Crippen molar-refractivity contribution in [3.8, 4) is 11.1 Å². The predicted octanol–water partition coefficient (Wildman–Crippen LogP) is 4.74. The molecule has 0 aromatic heterocycles. The van der Waals surface area contributed by atoms with Gasteiger partial charge in [0.05, 0.1) is 24.3 Å². The van der Waals surface area contributed by atoms with Gasteiger partial charge in [0.2, 0.25) is 5.91 Å².